The minimum Gasteiger partial charge on any atom is -0.497 e. The zero-order chi connectivity index (χ0) is 17.2. The Bertz CT molecular complexity index is 871. The SMILES string of the molecule is COc1ccc2c(c1)ncn2C1CCN(c2cc(OC)ncn2)CC1. The van der Waals surface area contributed by atoms with Crippen LogP contribution in [0.4, 0.5) is 5.82 Å². The van der Waals surface area contributed by atoms with Gasteiger partial charge in [-0.2, -0.15) is 0 Å². The zero-order valence-corrected chi connectivity index (χ0v) is 14.4. The van der Waals surface area contributed by atoms with Crippen molar-refractivity contribution in [2.24, 2.45) is 0 Å². The van der Waals surface area contributed by atoms with Crippen molar-refractivity contribution in [2.45, 2.75) is 18.9 Å². The molecule has 0 saturated carbocycles. The highest BCUT2D eigenvalue weighted by atomic mass is 16.5. The smallest absolute Gasteiger partial charge is 0.218 e. The molecule has 2 aromatic heterocycles. The van der Waals surface area contributed by atoms with Gasteiger partial charge in [0, 0.05) is 31.3 Å². The highest BCUT2D eigenvalue weighted by Gasteiger charge is 2.23. The van der Waals surface area contributed by atoms with Gasteiger partial charge in [-0.25, -0.2) is 15.0 Å². The van der Waals surface area contributed by atoms with Gasteiger partial charge in [0.15, 0.2) is 0 Å². The van der Waals surface area contributed by atoms with Crippen LogP contribution in [0.3, 0.4) is 0 Å². The van der Waals surface area contributed by atoms with E-state index in [0.29, 0.717) is 11.9 Å². The average molecular weight is 339 g/mol. The Morgan fingerprint density at radius 2 is 1.84 bits per heavy atom. The topological polar surface area (TPSA) is 65.3 Å². The maximum atomic E-state index is 5.28. The molecule has 3 aromatic rings. The van der Waals surface area contributed by atoms with E-state index in [1.165, 1.54) is 0 Å². The van der Waals surface area contributed by atoms with Crippen molar-refractivity contribution in [1.29, 1.82) is 0 Å². The summed E-state index contributed by atoms with van der Waals surface area (Å²) in [4.78, 5) is 15.3. The lowest BCUT2D eigenvalue weighted by atomic mass is 10.0. The van der Waals surface area contributed by atoms with E-state index in [-0.39, 0.29) is 0 Å². The second-order valence-corrected chi connectivity index (χ2v) is 6.14. The molecule has 0 unspecified atom stereocenters. The second-order valence-electron chi connectivity index (χ2n) is 6.14. The molecule has 7 nitrogen and oxygen atoms in total. The summed E-state index contributed by atoms with van der Waals surface area (Å²) in [6.07, 6.45) is 5.59. The Hall–Kier alpha value is -2.83. The Balaban J connectivity index is 1.50. The number of nitrogens with zero attached hydrogens (tertiary/aromatic N) is 5. The van der Waals surface area contributed by atoms with Gasteiger partial charge in [-0.05, 0) is 25.0 Å². The number of methoxy groups -OCH3 is 2. The molecule has 0 radical (unpaired) electrons. The van der Waals surface area contributed by atoms with E-state index in [2.05, 4.69) is 30.5 Å². The lowest BCUT2D eigenvalue weighted by Gasteiger charge is -2.33. The molecule has 25 heavy (non-hydrogen) atoms. The van der Waals surface area contributed by atoms with Crippen LogP contribution in [0.25, 0.3) is 11.0 Å². The third-order valence-electron chi connectivity index (χ3n) is 4.80. The minimum atomic E-state index is 0.443. The molecule has 0 atom stereocenters. The molecule has 130 valence electrons. The summed E-state index contributed by atoms with van der Waals surface area (Å²) in [7, 11) is 3.30. The molecule has 7 heteroatoms. The van der Waals surface area contributed by atoms with Gasteiger partial charge in [0.25, 0.3) is 0 Å². The number of fused-ring (bicyclic) bond motifs is 1. The molecule has 1 aromatic carbocycles. The first-order valence-electron chi connectivity index (χ1n) is 8.40. The molecule has 4 rings (SSSR count). The Morgan fingerprint density at radius 1 is 1.00 bits per heavy atom. The number of hydrogen-bond donors (Lipinski definition) is 0. The van der Waals surface area contributed by atoms with Crippen LogP contribution in [0.5, 0.6) is 11.6 Å². The molecule has 1 fully saturated rings. The van der Waals surface area contributed by atoms with Crippen molar-refractivity contribution in [3.63, 3.8) is 0 Å². The lowest BCUT2D eigenvalue weighted by Crippen LogP contribution is -2.35. The summed E-state index contributed by atoms with van der Waals surface area (Å²) in [6.45, 7) is 1.89. The van der Waals surface area contributed by atoms with Gasteiger partial charge >= 0.3 is 0 Å². The normalized spacial score (nSPS) is 15.5. The number of anilines is 1. The number of rotatable bonds is 4. The van der Waals surface area contributed by atoms with Gasteiger partial charge in [-0.1, -0.05) is 0 Å². The van der Waals surface area contributed by atoms with Gasteiger partial charge in [-0.15, -0.1) is 0 Å². The number of aromatic nitrogens is 4. The van der Waals surface area contributed by atoms with Crippen molar-refractivity contribution in [1.82, 2.24) is 19.5 Å². The maximum Gasteiger partial charge on any atom is 0.218 e. The van der Waals surface area contributed by atoms with Crippen LogP contribution < -0.4 is 14.4 Å². The highest BCUT2D eigenvalue weighted by molar-refractivity contribution is 5.77. The van der Waals surface area contributed by atoms with Crippen molar-refractivity contribution in [3.05, 3.63) is 36.9 Å². The standard InChI is InChI=1S/C18H21N5O2/c1-24-14-3-4-16-15(9-14)21-12-23(16)13-5-7-22(8-6-13)17-10-18(25-2)20-11-19-17/h3-4,9-13H,5-8H2,1-2H3. The summed E-state index contributed by atoms with van der Waals surface area (Å²) in [5, 5.41) is 0. The van der Waals surface area contributed by atoms with Gasteiger partial charge in [-0.3, -0.25) is 0 Å². The van der Waals surface area contributed by atoms with E-state index in [9.17, 15) is 0 Å². The summed E-state index contributed by atoms with van der Waals surface area (Å²) in [6, 6.07) is 8.39. The van der Waals surface area contributed by atoms with Crippen molar-refractivity contribution >= 4 is 16.9 Å². The van der Waals surface area contributed by atoms with E-state index in [4.69, 9.17) is 9.47 Å². The van der Waals surface area contributed by atoms with Crippen LogP contribution >= 0.6 is 0 Å². The van der Waals surface area contributed by atoms with E-state index in [0.717, 1.165) is 48.5 Å². The largest absolute Gasteiger partial charge is 0.497 e. The average Bonchev–Trinajstić information content (AvgIpc) is 3.11. The van der Waals surface area contributed by atoms with Crippen LogP contribution in [0.1, 0.15) is 18.9 Å². The number of ether oxygens (including phenoxy) is 2. The molecule has 0 amide bonds. The molecule has 1 aliphatic rings. The number of hydrogen-bond acceptors (Lipinski definition) is 6. The number of piperidine rings is 1. The second kappa shape index (κ2) is 6.58. The third kappa shape index (κ3) is 2.97. The molecule has 0 spiro atoms. The summed E-state index contributed by atoms with van der Waals surface area (Å²) in [5.74, 6) is 2.36. The molecule has 3 heterocycles. The Kier molecular flexibility index (Phi) is 4.13. The maximum absolute atomic E-state index is 5.28. The quantitative estimate of drug-likeness (QED) is 0.728. The third-order valence-corrected chi connectivity index (χ3v) is 4.80. The summed E-state index contributed by atoms with van der Waals surface area (Å²) in [5.41, 5.74) is 2.13. The summed E-state index contributed by atoms with van der Waals surface area (Å²) < 4.78 is 12.8. The van der Waals surface area contributed by atoms with Crippen LogP contribution in [0, 0.1) is 0 Å². The van der Waals surface area contributed by atoms with Gasteiger partial charge < -0.3 is 18.9 Å². The fourth-order valence-electron chi connectivity index (χ4n) is 3.42. The van der Waals surface area contributed by atoms with Crippen LogP contribution in [0.2, 0.25) is 0 Å². The molecule has 1 saturated heterocycles. The van der Waals surface area contributed by atoms with E-state index in [1.54, 1.807) is 20.5 Å². The molecular weight excluding hydrogens is 318 g/mol. The van der Waals surface area contributed by atoms with Crippen molar-refractivity contribution < 1.29 is 9.47 Å². The van der Waals surface area contributed by atoms with Crippen LogP contribution in [-0.2, 0) is 0 Å². The minimum absolute atomic E-state index is 0.443. The molecule has 0 N–H and O–H groups in total. The fraction of sp³-hybridized carbons (Fsp3) is 0.389. The molecule has 0 aliphatic carbocycles. The monoisotopic (exact) mass is 339 g/mol. The number of benzene rings is 1. The summed E-state index contributed by atoms with van der Waals surface area (Å²) >= 11 is 0. The van der Waals surface area contributed by atoms with E-state index < -0.39 is 0 Å². The predicted molar refractivity (Wildman–Crippen MR) is 95.4 cm³/mol. The zero-order valence-electron chi connectivity index (χ0n) is 14.4. The molecule has 1 aliphatic heterocycles. The fourth-order valence-corrected chi connectivity index (χ4v) is 3.42. The van der Waals surface area contributed by atoms with E-state index in [1.807, 2.05) is 24.5 Å². The molecular formula is C18H21N5O2. The Morgan fingerprint density at radius 3 is 2.60 bits per heavy atom. The Labute approximate surface area is 146 Å². The van der Waals surface area contributed by atoms with Gasteiger partial charge in [0.2, 0.25) is 5.88 Å². The van der Waals surface area contributed by atoms with Gasteiger partial charge in [0.1, 0.15) is 17.9 Å². The highest BCUT2D eigenvalue weighted by Crippen LogP contribution is 2.30. The van der Waals surface area contributed by atoms with Crippen molar-refractivity contribution in [3.8, 4) is 11.6 Å². The van der Waals surface area contributed by atoms with Crippen LogP contribution in [-0.4, -0.2) is 46.8 Å². The predicted octanol–water partition coefficient (Wildman–Crippen LogP) is 2.69. The first-order valence-corrected chi connectivity index (χ1v) is 8.40. The van der Waals surface area contributed by atoms with E-state index >= 15 is 0 Å². The molecule has 0 bridgehead atoms. The number of imidazole rings is 1. The lowest BCUT2D eigenvalue weighted by molar-refractivity contribution is 0.391. The van der Waals surface area contributed by atoms with Gasteiger partial charge in [0.05, 0.1) is 31.6 Å². The van der Waals surface area contributed by atoms with Crippen LogP contribution in [0.15, 0.2) is 36.9 Å². The first-order chi connectivity index (χ1) is 12.3. The van der Waals surface area contributed by atoms with Crippen molar-refractivity contribution in [2.75, 3.05) is 32.2 Å². The first kappa shape index (κ1) is 15.7.